The highest BCUT2D eigenvalue weighted by molar-refractivity contribution is 5.62. The Balaban J connectivity index is 2.08. The number of anilines is 2. The summed E-state index contributed by atoms with van der Waals surface area (Å²) in [7, 11) is 1.57. The monoisotopic (exact) mass is 230 g/mol. The zero-order valence-corrected chi connectivity index (χ0v) is 9.55. The van der Waals surface area contributed by atoms with Crippen LogP contribution in [0.2, 0.25) is 0 Å². The highest BCUT2D eigenvalue weighted by atomic mass is 16.5. The Morgan fingerprint density at radius 3 is 2.94 bits per heavy atom. The summed E-state index contributed by atoms with van der Waals surface area (Å²) < 4.78 is 5.04. The Labute approximate surface area is 99.7 Å². The molecule has 0 spiro atoms. The van der Waals surface area contributed by atoms with Gasteiger partial charge in [0.1, 0.15) is 0 Å². The standard InChI is InChI=1S/C12H14N4O/c1-17-11-5-4-10(13)12(16-11)15-8-9-3-2-6-14-7-9/h2-7H,8,13H2,1H3,(H,15,16). The topological polar surface area (TPSA) is 73.1 Å². The molecule has 5 nitrogen and oxygen atoms in total. The fourth-order valence-electron chi connectivity index (χ4n) is 1.40. The van der Waals surface area contributed by atoms with E-state index < -0.39 is 0 Å². The molecule has 2 aromatic heterocycles. The van der Waals surface area contributed by atoms with Crippen molar-refractivity contribution in [3.8, 4) is 5.88 Å². The maximum absolute atomic E-state index is 5.81. The van der Waals surface area contributed by atoms with Crippen molar-refractivity contribution in [2.75, 3.05) is 18.2 Å². The van der Waals surface area contributed by atoms with Gasteiger partial charge in [0.2, 0.25) is 5.88 Å². The summed E-state index contributed by atoms with van der Waals surface area (Å²) in [5.74, 6) is 1.15. The van der Waals surface area contributed by atoms with E-state index in [1.54, 1.807) is 31.6 Å². The summed E-state index contributed by atoms with van der Waals surface area (Å²) in [4.78, 5) is 8.26. The molecule has 88 valence electrons. The second kappa shape index (κ2) is 5.16. The zero-order chi connectivity index (χ0) is 12.1. The molecule has 0 aliphatic heterocycles. The molecule has 0 amide bonds. The Bertz CT molecular complexity index is 487. The molecular weight excluding hydrogens is 216 g/mol. The van der Waals surface area contributed by atoms with Crippen molar-refractivity contribution >= 4 is 11.5 Å². The molecule has 0 fully saturated rings. The lowest BCUT2D eigenvalue weighted by molar-refractivity contribution is 0.398. The van der Waals surface area contributed by atoms with Crippen LogP contribution < -0.4 is 15.8 Å². The second-order valence-corrected chi connectivity index (χ2v) is 3.51. The molecule has 0 atom stereocenters. The molecule has 0 bridgehead atoms. The molecule has 2 heterocycles. The van der Waals surface area contributed by atoms with Crippen molar-refractivity contribution in [1.82, 2.24) is 9.97 Å². The fraction of sp³-hybridized carbons (Fsp3) is 0.167. The van der Waals surface area contributed by atoms with Crippen LogP contribution in [0.15, 0.2) is 36.7 Å². The van der Waals surface area contributed by atoms with E-state index in [0.717, 1.165) is 5.56 Å². The molecule has 0 aliphatic carbocycles. The SMILES string of the molecule is COc1ccc(N)c(NCc2cccnc2)n1. The molecule has 0 saturated heterocycles. The van der Waals surface area contributed by atoms with E-state index in [-0.39, 0.29) is 0 Å². The van der Waals surface area contributed by atoms with Gasteiger partial charge in [-0.3, -0.25) is 4.98 Å². The van der Waals surface area contributed by atoms with E-state index in [1.165, 1.54) is 0 Å². The van der Waals surface area contributed by atoms with Gasteiger partial charge in [-0.15, -0.1) is 0 Å². The van der Waals surface area contributed by atoms with Crippen molar-refractivity contribution in [3.63, 3.8) is 0 Å². The maximum Gasteiger partial charge on any atom is 0.215 e. The molecule has 0 aromatic carbocycles. The normalized spacial score (nSPS) is 9.94. The van der Waals surface area contributed by atoms with E-state index in [4.69, 9.17) is 10.5 Å². The lowest BCUT2D eigenvalue weighted by atomic mass is 10.3. The van der Waals surface area contributed by atoms with Crippen molar-refractivity contribution in [1.29, 1.82) is 0 Å². The van der Waals surface area contributed by atoms with Gasteiger partial charge in [0.25, 0.3) is 0 Å². The molecule has 2 rings (SSSR count). The van der Waals surface area contributed by atoms with E-state index >= 15 is 0 Å². The van der Waals surface area contributed by atoms with Gasteiger partial charge in [0.05, 0.1) is 12.8 Å². The average Bonchev–Trinajstić information content (AvgIpc) is 2.39. The van der Waals surface area contributed by atoms with Gasteiger partial charge in [-0.05, 0) is 17.7 Å². The summed E-state index contributed by atoms with van der Waals surface area (Å²) in [6.45, 7) is 0.623. The maximum atomic E-state index is 5.81. The van der Waals surface area contributed by atoms with Gasteiger partial charge in [0, 0.05) is 25.0 Å². The van der Waals surface area contributed by atoms with Crippen molar-refractivity contribution in [2.45, 2.75) is 6.54 Å². The molecular formula is C12H14N4O. The van der Waals surface area contributed by atoms with E-state index in [9.17, 15) is 0 Å². The van der Waals surface area contributed by atoms with Gasteiger partial charge in [0.15, 0.2) is 5.82 Å². The number of methoxy groups -OCH3 is 1. The highest BCUT2D eigenvalue weighted by Gasteiger charge is 2.02. The number of rotatable bonds is 4. The molecule has 0 saturated carbocycles. The average molecular weight is 230 g/mol. The summed E-state index contributed by atoms with van der Waals surface area (Å²) in [5, 5.41) is 3.15. The van der Waals surface area contributed by atoms with Crippen LogP contribution in [0.5, 0.6) is 5.88 Å². The van der Waals surface area contributed by atoms with E-state index in [2.05, 4.69) is 15.3 Å². The number of hydrogen-bond donors (Lipinski definition) is 2. The number of hydrogen-bond acceptors (Lipinski definition) is 5. The number of aromatic nitrogens is 2. The molecule has 3 N–H and O–H groups in total. The summed E-state index contributed by atoms with van der Waals surface area (Å²) in [6.07, 6.45) is 3.53. The lowest BCUT2D eigenvalue weighted by Crippen LogP contribution is -2.05. The van der Waals surface area contributed by atoms with Crippen LogP contribution >= 0.6 is 0 Å². The number of nitrogens with one attached hydrogen (secondary N) is 1. The Morgan fingerprint density at radius 1 is 1.35 bits per heavy atom. The lowest BCUT2D eigenvalue weighted by Gasteiger charge is -2.09. The first-order valence-electron chi connectivity index (χ1n) is 5.23. The van der Waals surface area contributed by atoms with Gasteiger partial charge in [-0.25, -0.2) is 0 Å². The van der Waals surface area contributed by atoms with Gasteiger partial charge < -0.3 is 15.8 Å². The highest BCUT2D eigenvalue weighted by Crippen LogP contribution is 2.19. The number of nitrogen functional groups attached to an aromatic ring is 1. The largest absolute Gasteiger partial charge is 0.481 e. The van der Waals surface area contributed by atoms with Crippen LogP contribution in [-0.2, 0) is 6.54 Å². The molecule has 0 aliphatic rings. The van der Waals surface area contributed by atoms with Crippen LogP contribution in [0, 0.1) is 0 Å². The first kappa shape index (κ1) is 11.2. The zero-order valence-electron chi connectivity index (χ0n) is 9.55. The first-order chi connectivity index (χ1) is 8.29. The van der Waals surface area contributed by atoms with Gasteiger partial charge >= 0.3 is 0 Å². The predicted octanol–water partition coefficient (Wildman–Crippen LogP) is 1.68. The van der Waals surface area contributed by atoms with Crippen LogP contribution in [-0.4, -0.2) is 17.1 Å². The van der Waals surface area contributed by atoms with Crippen molar-refractivity contribution < 1.29 is 4.74 Å². The smallest absolute Gasteiger partial charge is 0.215 e. The second-order valence-electron chi connectivity index (χ2n) is 3.51. The first-order valence-corrected chi connectivity index (χ1v) is 5.23. The van der Waals surface area contributed by atoms with Crippen molar-refractivity contribution in [2.24, 2.45) is 0 Å². The molecule has 0 unspecified atom stereocenters. The Kier molecular flexibility index (Phi) is 3.40. The van der Waals surface area contributed by atoms with Crippen LogP contribution in [0.1, 0.15) is 5.56 Å². The third-order valence-electron chi connectivity index (χ3n) is 2.29. The minimum Gasteiger partial charge on any atom is -0.481 e. The van der Waals surface area contributed by atoms with Crippen molar-refractivity contribution in [3.05, 3.63) is 42.2 Å². The minimum absolute atomic E-state index is 0.535. The van der Waals surface area contributed by atoms with E-state index in [1.807, 2.05) is 12.1 Å². The quantitative estimate of drug-likeness (QED) is 0.836. The summed E-state index contributed by atoms with van der Waals surface area (Å²) in [6, 6.07) is 7.36. The molecule has 5 heteroatoms. The molecule has 0 radical (unpaired) electrons. The number of pyridine rings is 2. The van der Waals surface area contributed by atoms with Gasteiger partial charge in [-0.1, -0.05) is 6.07 Å². The number of ether oxygens (including phenoxy) is 1. The third kappa shape index (κ3) is 2.84. The minimum atomic E-state index is 0.535. The summed E-state index contributed by atoms with van der Waals surface area (Å²) in [5.41, 5.74) is 7.47. The number of nitrogens with zero attached hydrogens (tertiary/aromatic N) is 2. The molecule has 17 heavy (non-hydrogen) atoms. The predicted molar refractivity (Wildman–Crippen MR) is 66.8 cm³/mol. The van der Waals surface area contributed by atoms with E-state index in [0.29, 0.717) is 23.9 Å². The number of nitrogens with two attached hydrogens (primary N) is 1. The third-order valence-corrected chi connectivity index (χ3v) is 2.29. The van der Waals surface area contributed by atoms with Crippen LogP contribution in [0.4, 0.5) is 11.5 Å². The Morgan fingerprint density at radius 2 is 2.24 bits per heavy atom. The molecule has 2 aromatic rings. The fourth-order valence-corrected chi connectivity index (χ4v) is 1.40. The summed E-state index contributed by atoms with van der Waals surface area (Å²) >= 11 is 0. The van der Waals surface area contributed by atoms with Gasteiger partial charge in [-0.2, -0.15) is 4.98 Å². The van der Waals surface area contributed by atoms with Crippen LogP contribution in [0.3, 0.4) is 0 Å². The Hall–Kier alpha value is -2.30. The van der Waals surface area contributed by atoms with Crippen LogP contribution in [0.25, 0.3) is 0 Å².